The van der Waals surface area contributed by atoms with Gasteiger partial charge >= 0.3 is 0 Å². The molecule has 0 aromatic carbocycles. The molecule has 7 nitrogen and oxygen atoms in total. The van der Waals surface area contributed by atoms with Gasteiger partial charge in [0.15, 0.2) is 6.29 Å². The molecule has 1 heterocycles. The van der Waals surface area contributed by atoms with Gasteiger partial charge < -0.3 is 35.0 Å². The first-order valence-corrected chi connectivity index (χ1v) is 13.7. The molecule has 0 radical (unpaired) electrons. The van der Waals surface area contributed by atoms with Gasteiger partial charge in [0.05, 0.1) is 23.9 Å². The lowest BCUT2D eigenvalue weighted by molar-refractivity contribution is -0.310. The highest BCUT2D eigenvalue weighted by Crippen LogP contribution is 2.69. The molecule has 0 amide bonds. The van der Waals surface area contributed by atoms with Crippen LogP contribution in [0.4, 0.5) is 0 Å². The van der Waals surface area contributed by atoms with E-state index >= 15 is 0 Å². The SMILES string of the molecule is CC(O)[C@H]1CC[C@]2(O)[C@@H]3CC[C@@H]4C[C@@H](O[C@@H]5O[C@@H](C)[C@H](O)[C@@H](O)[C@H]5O)CC[C@]4(C)[C@H]3CC[C@]12C. The van der Waals surface area contributed by atoms with Gasteiger partial charge in [-0.2, -0.15) is 0 Å². The average Bonchev–Trinajstić information content (AvgIpc) is 3.07. The van der Waals surface area contributed by atoms with E-state index in [-0.39, 0.29) is 34.9 Å². The Hall–Kier alpha value is -0.280. The van der Waals surface area contributed by atoms with Crippen LogP contribution in [0.3, 0.4) is 0 Å². The molecule has 14 atom stereocenters. The molecule has 4 aliphatic carbocycles. The molecule has 5 fully saturated rings. The zero-order valence-corrected chi connectivity index (χ0v) is 21.3. The maximum absolute atomic E-state index is 12.1. The van der Waals surface area contributed by atoms with Gasteiger partial charge in [-0.15, -0.1) is 0 Å². The van der Waals surface area contributed by atoms with Crippen molar-refractivity contribution < 1.29 is 35.0 Å². The third kappa shape index (κ3) is 3.56. The molecule has 7 heteroatoms. The molecule has 5 aliphatic rings. The summed E-state index contributed by atoms with van der Waals surface area (Å²) in [6, 6.07) is 0. The van der Waals surface area contributed by atoms with Crippen molar-refractivity contribution in [1.82, 2.24) is 0 Å². The predicted molar refractivity (Wildman–Crippen MR) is 126 cm³/mol. The first-order valence-electron chi connectivity index (χ1n) is 13.7. The summed E-state index contributed by atoms with van der Waals surface area (Å²) in [6.07, 6.45) is 3.04. The maximum Gasteiger partial charge on any atom is 0.186 e. The summed E-state index contributed by atoms with van der Waals surface area (Å²) >= 11 is 0. The van der Waals surface area contributed by atoms with Gasteiger partial charge in [0.2, 0.25) is 0 Å². The third-order valence-corrected chi connectivity index (χ3v) is 11.6. The van der Waals surface area contributed by atoms with E-state index in [1.807, 2.05) is 6.92 Å². The fourth-order valence-corrected chi connectivity index (χ4v) is 9.44. The zero-order valence-electron chi connectivity index (χ0n) is 21.3. The molecule has 0 spiro atoms. The van der Waals surface area contributed by atoms with Crippen LogP contribution in [0.15, 0.2) is 0 Å². The van der Waals surface area contributed by atoms with E-state index in [1.165, 1.54) is 0 Å². The van der Waals surface area contributed by atoms with Crippen LogP contribution >= 0.6 is 0 Å². The van der Waals surface area contributed by atoms with Crippen molar-refractivity contribution in [2.24, 2.45) is 34.5 Å². The minimum absolute atomic E-state index is 0.0491. The zero-order chi connectivity index (χ0) is 24.6. The van der Waals surface area contributed by atoms with Crippen molar-refractivity contribution in [2.75, 3.05) is 0 Å². The van der Waals surface area contributed by atoms with Crippen LogP contribution in [0.1, 0.15) is 85.5 Å². The number of fused-ring (bicyclic) bond motifs is 5. The van der Waals surface area contributed by atoms with Crippen LogP contribution in [0, 0.1) is 34.5 Å². The Morgan fingerprint density at radius 3 is 2.32 bits per heavy atom. The number of ether oxygens (including phenoxy) is 2. The van der Waals surface area contributed by atoms with Crippen LogP contribution in [0.2, 0.25) is 0 Å². The molecule has 1 saturated heterocycles. The molecule has 196 valence electrons. The van der Waals surface area contributed by atoms with Crippen LogP contribution in [0.5, 0.6) is 0 Å². The second kappa shape index (κ2) is 8.64. The maximum atomic E-state index is 12.1. The van der Waals surface area contributed by atoms with Crippen LogP contribution in [0.25, 0.3) is 0 Å². The van der Waals surface area contributed by atoms with Crippen LogP contribution in [-0.2, 0) is 9.47 Å². The van der Waals surface area contributed by atoms with Gasteiger partial charge in [0.1, 0.15) is 18.3 Å². The Morgan fingerprint density at radius 2 is 1.62 bits per heavy atom. The van der Waals surface area contributed by atoms with Gasteiger partial charge in [-0.05, 0) is 101 Å². The molecule has 4 saturated carbocycles. The highest BCUT2D eigenvalue weighted by molar-refractivity contribution is 5.17. The van der Waals surface area contributed by atoms with Crippen molar-refractivity contribution in [3.05, 3.63) is 0 Å². The quantitative estimate of drug-likeness (QED) is 0.392. The first kappa shape index (κ1) is 25.4. The lowest BCUT2D eigenvalue weighted by atomic mass is 9.43. The predicted octanol–water partition coefficient (Wildman–Crippen LogP) is 2.35. The number of hydrogen-bond acceptors (Lipinski definition) is 7. The largest absolute Gasteiger partial charge is 0.393 e. The van der Waals surface area contributed by atoms with Crippen molar-refractivity contribution in [1.29, 1.82) is 0 Å². The Kier molecular flexibility index (Phi) is 6.45. The summed E-state index contributed by atoms with van der Waals surface area (Å²) in [5, 5.41) is 53.1. The Bertz CT molecular complexity index is 761. The summed E-state index contributed by atoms with van der Waals surface area (Å²) in [4.78, 5) is 0. The molecule has 0 bridgehead atoms. The molecule has 1 aliphatic heterocycles. The van der Waals surface area contributed by atoms with Gasteiger partial charge in [0.25, 0.3) is 0 Å². The summed E-state index contributed by atoms with van der Waals surface area (Å²) in [5.74, 6) is 1.43. The monoisotopic (exact) mass is 482 g/mol. The smallest absolute Gasteiger partial charge is 0.186 e. The van der Waals surface area contributed by atoms with Crippen molar-refractivity contribution in [2.45, 2.75) is 134 Å². The lowest BCUT2D eigenvalue weighted by Crippen LogP contribution is -2.63. The highest BCUT2D eigenvalue weighted by Gasteiger charge is 2.67. The summed E-state index contributed by atoms with van der Waals surface area (Å²) in [6.45, 7) is 8.23. The molecule has 5 rings (SSSR count). The van der Waals surface area contributed by atoms with E-state index in [1.54, 1.807) is 6.92 Å². The lowest BCUT2D eigenvalue weighted by Gasteiger charge is -2.64. The fourth-order valence-electron chi connectivity index (χ4n) is 9.44. The third-order valence-electron chi connectivity index (χ3n) is 11.6. The molecule has 5 N–H and O–H groups in total. The summed E-state index contributed by atoms with van der Waals surface area (Å²) < 4.78 is 11.9. The van der Waals surface area contributed by atoms with Crippen molar-refractivity contribution in [3.8, 4) is 0 Å². The van der Waals surface area contributed by atoms with E-state index in [0.29, 0.717) is 11.8 Å². The van der Waals surface area contributed by atoms with Crippen LogP contribution in [-0.4, -0.2) is 74.0 Å². The fraction of sp³-hybridized carbons (Fsp3) is 1.00. The van der Waals surface area contributed by atoms with Crippen molar-refractivity contribution >= 4 is 0 Å². The second-order valence-corrected chi connectivity index (χ2v) is 13.0. The minimum atomic E-state index is -1.27. The molecule has 0 aromatic heterocycles. The topological polar surface area (TPSA) is 120 Å². The second-order valence-electron chi connectivity index (χ2n) is 13.0. The van der Waals surface area contributed by atoms with E-state index < -0.39 is 36.3 Å². The molecule has 34 heavy (non-hydrogen) atoms. The molecule has 1 unspecified atom stereocenters. The van der Waals surface area contributed by atoms with Gasteiger partial charge in [-0.1, -0.05) is 13.8 Å². The number of aliphatic hydroxyl groups excluding tert-OH is 4. The number of rotatable bonds is 3. The standard InChI is InChI=1S/C27H46O7/c1-14(28)18-9-12-27(32)20-6-5-16-13-17(34-24-23(31)22(30)21(29)15(2)33-24)7-10-25(16,3)19(20)8-11-26(18,27)4/h14-24,28-32H,5-13H2,1-4H3/t14?,15-,16+,17-,18+,19-,20+,21-,22+,23+,24-,25-,26+,27-/m0/s1. The van der Waals surface area contributed by atoms with E-state index in [2.05, 4.69) is 13.8 Å². The average molecular weight is 483 g/mol. The minimum Gasteiger partial charge on any atom is -0.393 e. The Morgan fingerprint density at radius 1 is 0.882 bits per heavy atom. The van der Waals surface area contributed by atoms with E-state index in [4.69, 9.17) is 9.47 Å². The van der Waals surface area contributed by atoms with Gasteiger partial charge in [-0.25, -0.2) is 0 Å². The molecule has 0 aromatic rings. The summed E-state index contributed by atoms with van der Waals surface area (Å²) in [7, 11) is 0. The summed E-state index contributed by atoms with van der Waals surface area (Å²) in [5.41, 5.74) is -0.744. The highest BCUT2D eigenvalue weighted by atomic mass is 16.7. The normalized spacial score (nSPS) is 58.5. The van der Waals surface area contributed by atoms with Gasteiger partial charge in [0, 0.05) is 5.41 Å². The number of aliphatic hydroxyl groups is 5. The molecular formula is C27H46O7. The Balaban J connectivity index is 1.29. The Labute approximate surface area is 203 Å². The number of hydrogen-bond donors (Lipinski definition) is 5. The van der Waals surface area contributed by atoms with Crippen molar-refractivity contribution in [3.63, 3.8) is 0 Å². The van der Waals surface area contributed by atoms with E-state index in [0.717, 1.165) is 57.8 Å². The van der Waals surface area contributed by atoms with Crippen LogP contribution < -0.4 is 0 Å². The molecular weight excluding hydrogens is 436 g/mol. The van der Waals surface area contributed by atoms with E-state index in [9.17, 15) is 25.5 Å². The van der Waals surface area contributed by atoms with Gasteiger partial charge in [-0.3, -0.25) is 0 Å². The first-order chi connectivity index (χ1) is 15.9.